The fraction of sp³-hybridized carbons (Fsp3) is 0.455. The van der Waals surface area contributed by atoms with E-state index in [1.807, 2.05) is 11.0 Å². The van der Waals surface area contributed by atoms with Crippen molar-refractivity contribution in [1.29, 1.82) is 0 Å². The van der Waals surface area contributed by atoms with Crippen LogP contribution in [0.25, 0.3) is 0 Å². The molecule has 1 saturated heterocycles. The van der Waals surface area contributed by atoms with E-state index < -0.39 is 0 Å². The van der Waals surface area contributed by atoms with E-state index in [1.54, 1.807) is 12.4 Å². The van der Waals surface area contributed by atoms with E-state index in [9.17, 15) is 4.79 Å². The Bertz CT molecular complexity index is 765. The number of nitrogens with one attached hydrogen (secondary N) is 1. The molecular weight excluding hydrogens is 350 g/mol. The van der Waals surface area contributed by atoms with Crippen LogP contribution in [0.4, 0.5) is 17.1 Å². The number of amides is 1. The average molecular weight is 382 g/mol. The zero-order valence-electron chi connectivity index (χ0n) is 17.2. The van der Waals surface area contributed by atoms with Crippen molar-refractivity contribution < 1.29 is 4.79 Å². The van der Waals surface area contributed by atoms with E-state index in [0.717, 1.165) is 57.2 Å². The number of carbonyl (C=O) groups is 1. The van der Waals surface area contributed by atoms with Gasteiger partial charge in [0.05, 0.1) is 17.4 Å². The molecule has 3 rings (SSSR count). The summed E-state index contributed by atoms with van der Waals surface area (Å²) in [7, 11) is 0. The summed E-state index contributed by atoms with van der Waals surface area (Å²) in [4.78, 5) is 23.7. The first-order valence-electron chi connectivity index (χ1n) is 10.2. The number of hydrogen-bond acceptors (Lipinski definition) is 5. The van der Waals surface area contributed by atoms with Crippen LogP contribution in [0.3, 0.4) is 0 Å². The van der Waals surface area contributed by atoms with Gasteiger partial charge in [-0.15, -0.1) is 0 Å². The number of benzene rings is 1. The fourth-order valence-electron chi connectivity index (χ4n) is 3.59. The lowest BCUT2D eigenvalue weighted by molar-refractivity contribution is 0.0643. The third-order valence-electron chi connectivity index (χ3n) is 5.38. The Morgan fingerprint density at radius 3 is 2.29 bits per heavy atom. The van der Waals surface area contributed by atoms with Gasteiger partial charge in [0.15, 0.2) is 0 Å². The van der Waals surface area contributed by atoms with E-state index in [2.05, 4.69) is 65.1 Å². The van der Waals surface area contributed by atoms with Crippen LogP contribution in [0.1, 0.15) is 31.1 Å². The Morgan fingerprint density at radius 2 is 1.68 bits per heavy atom. The summed E-state index contributed by atoms with van der Waals surface area (Å²) in [5, 5.41) is 3.36. The first kappa shape index (κ1) is 20.1. The minimum absolute atomic E-state index is 0.0591. The van der Waals surface area contributed by atoms with Crippen LogP contribution < -0.4 is 10.2 Å². The molecular formula is C22H31N5O. The highest BCUT2D eigenvalue weighted by Crippen LogP contribution is 2.22. The molecule has 1 aliphatic heterocycles. The number of piperazine rings is 1. The standard InChI is InChI=1S/C22H31N5O/c1-4-25-11-13-27(14-12-25)22(28)18-15-20(17-23-16-18)24-19-7-9-21(10-8-19)26(5-2)6-3/h7-10,15-17,24H,4-6,11-14H2,1-3H3. The zero-order valence-corrected chi connectivity index (χ0v) is 17.2. The van der Waals surface area contributed by atoms with Crippen molar-refractivity contribution in [3.8, 4) is 0 Å². The summed E-state index contributed by atoms with van der Waals surface area (Å²) < 4.78 is 0. The Labute approximate surface area is 168 Å². The van der Waals surface area contributed by atoms with E-state index in [4.69, 9.17) is 0 Å². The molecule has 0 bridgehead atoms. The summed E-state index contributed by atoms with van der Waals surface area (Å²) >= 11 is 0. The SMILES string of the molecule is CCN1CCN(C(=O)c2cncc(Nc3ccc(N(CC)CC)cc3)c2)CC1. The third kappa shape index (κ3) is 4.81. The van der Waals surface area contributed by atoms with Crippen molar-refractivity contribution in [2.24, 2.45) is 0 Å². The number of anilines is 3. The van der Waals surface area contributed by atoms with Gasteiger partial charge in [-0.25, -0.2) is 0 Å². The Kier molecular flexibility index (Phi) is 6.87. The molecule has 2 aromatic rings. The molecule has 2 heterocycles. The molecule has 150 valence electrons. The van der Waals surface area contributed by atoms with Crippen molar-refractivity contribution in [3.63, 3.8) is 0 Å². The third-order valence-corrected chi connectivity index (χ3v) is 5.38. The smallest absolute Gasteiger partial charge is 0.255 e. The number of likely N-dealkylation sites (N-methyl/N-ethyl adjacent to an activating group) is 1. The first-order chi connectivity index (χ1) is 13.6. The molecule has 0 atom stereocenters. The zero-order chi connectivity index (χ0) is 19.9. The Balaban J connectivity index is 1.65. The monoisotopic (exact) mass is 381 g/mol. The lowest BCUT2D eigenvalue weighted by atomic mass is 10.2. The number of carbonyl (C=O) groups excluding carboxylic acids is 1. The molecule has 1 aromatic heterocycles. The summed E-state index contributed by atoms with van der Waals surface area (Å²) in [5.74, 6) is 0.0591. The van der Waals surface area contributed by atoms with Gasteiger partial charge in [-0.2, -0.15) is 0 Å². The molecule has 1 aliphatic rings. The predicted molar refractivity (Wildman–Crippen MR) is 116 cm³/mol. The second-order valence-electron chi connectivity index (χ2n) is 7.03. The van der Waals surface area contributed by atoms with E-state index in [1.165, 1.54) is 5.69 Å². The van der Waals surface area contributed by atoms with Crippen molar-refractivity contribution >= 4 is 23.0 Å². The topological polar surface area (TPSA) is 51.7 Å². The summed E-state index contributed by atoms with van der Waals surface area (Å²) in [5.41, 5.74) is 3.66. The van der Waals surface area contributed by atoms with Crippen LogP contribution in [-0.2, 0) is 0 Å². The van der Waals surface area contributed by atoms with Crippen molar-refractivity contribution in [1.82, 2.24) is 14.8 Å². The average Bonchev–Trinajstić information content (AvgIpc) is 2.75. The molecule has 1 N–H and O–H groups in total. The lowest BCUT2D eigenvalue weighted by Crippen LogP contribution is -2.48. The van der Waals surface area contributed by atoms with Crippen LogP contribution in [0.5, 0.6) is 0 Å². The highest BCUT2D eigenvalue weighted by atomic mass is 16.2. The number of pyridine rings is 1. The van der Waals surface area contributed by atoms with Gasteiger partial charge >= 0.3 is 0 Å². The maximum Gasteiger partial charge on any atom is 0.255 e. The molecule has 0 aliphatic carbocycles. The number of hydrogen-bond donors (Lipinski definition) is 1. The summed E-state index contributed by atoms with van der Waals surface area (Å²) in [6.45, 7) is 12.9. The number of aromatic nitrogens is 1. The van der Waals surface area contributed by atoms with Gasteiger partial charge < -0.3 is 20.0 Å². The van der Waals surface area contributed by atoms with Crippen molar-refractivity contribution in [2.45, 2.75) is 20.8 Å². The molecule has 0 radical (unpaired) electrons. The maximum atomic E-state index is 12.8. The van der Waals surface area contributed by atoms with Gasteiger partial charge in [0.1, 0.15) is 0 Å². The lowest BCUT2D eigenvalue weighted by Gasteiger charge is -2.34. The fourth-order valence-corrected chi connectivity index (χ4v) is 3.59. The van der Waals surface area contributed by atoms with Crippen LogP contribution in [0, 0.1) is 0 Å². The van der Waals surface area contributed by atoms with Gasteiger partial charge in [0.2, 0.25) is 0 Å². The molecule has 1 aromatic carbocycles. The molecule has 1 amide bonds. The van der Waals surface area contributed by atoms with Gasteiger partial charge in [-0.3, -0.25) is 9.78 Å². The minimum Gasteiger partial charge on any atom is -0.372 e. The van der Waals surface area contributed by atoms with Crippen LogP contribution >= 0.6 is 0 Å². The van der Waals surface area contributed by atoms with Crippen molar-refractivity contribution in [3.05, 3.63) is 48.3 Å². The highest BCUT2D eigenvalue weighted by molar-refractivity contribution is 5.95. The van der Waals surface area contributed by atoms with Crippen molar-refractivity contribution in [2.75, 3.05) is 56.0 Å². The van der Waals surface area contributed by atoms with Gasteiger partial charge in [0.25, 0.3) is 5.91 Å². The predicted octanol–water partition coefficient (Wildman–Crippen LogP) is 3.45. The quantitative estimate of drug-likeness (QED) is 0.796. The second-order valence-corrected chi connectivity index (χ2v) is 7.03. The maximum absolute atomic E-state index is 12.8. The normalized spacial score (nSPS) is 14.8. The molecule has 0 unspecified atom stereocenters. The molecule has 28 heavy (non-hydrogen) atoms. The first-order valence-corrected chi connectivity index (χ1v) is 10.2. The summed E-state index contributed by atoms with van der Waals surface area (Å²) in [6, 6.07) is 10.2. The molecule has 0 saturated carbocycles. The van der Waals surface area contributed by atoms with Gasteiger partial charge in [0, 0.05) is 56.8 Å². The molecule has 6 heteroatoms. The van der Waals surface area contributed by atoms with E-state index in [0.29, 0.717) is 5.56 Å². The highest BCUT2D eigenvalue weighted by Gasteiger charge is 2.21. The van der Waals surface area contributed by atoms with Gasteiger partial charge in [-0.05, 0) is 50.7 Å². The molecule has 0 spiro atoms. The van der Waals surface area contributed by atoms with E-state index in [-0.39, 0.29) is 5.91 Å². The molecule has 1 fully saturated rings. The minimum atomic E-state index is 0.0591. The molecule has 6 nitrogen and oxygen atoms in total. The van der Waals surface area contributed by atoms with Crippen LogP contribution in [-0.4, -0.2) is 66.5 Å². The van der Waals surface area contributed by atoms with Crippen LogP contribution in [0.2, 0.25) is 0 Å². The number of rotatable bonds is 7. The van der Waals surface area contributed by atoms with E-state index >= 15 is 0 Å². The van der Waals surface area contributed by atoms with Gasteiger partial charge in [-0.1, -0.05) is 6.92 Å². The summed E-state index contributed by atoms with van der Waals surface area (Å²) in [6.07, 6.45) is 3.41. The Hall–Kier alpha value is -2.60. The van der Waals surface area contributed by atoms with Crippen LogP contribution in [0.15, 0.2) is 42.7 Å². The second kappa shape index (κ2) is 9.55. The number of nitrogens with zero attached hydrogens (tertiary/aromatic N) is 4. The largest absolute Gasteiger partial charge is 0.372 e. The Morgan fingerprint density at radius 1 is 1.00 bits per heavy atom.